The van der Waals surface area contributed by atoms with Crippen molar-refractivity contribution in [2.75, 3.05) is 24.4 Å². The SMILES string of the molecule is CCO[PH]1(COc2ccc(C[C@@H]3[C@H](O)[C@@H](O)C(c4ccccc4)N(Cc4cccc(N)c4)C(=O)N3Cc3cccc(N)c3)cc2)OC(C)O1. The number of benzene rings is 4. The van der Waals surface area contributed by atoms with E-state index in [4.69, 9.17) is 29.8 Å². The Bertz CT molecular complexity index is 1700. The molecule has 260 valence electrons. The zero-order valence-corrected chi connectivity index (χ0v) is 28.7. The fraction of sp³-hybridized carbons (Fsp3) is 0.324. The first-order valence-corrected chi connectivity index (χ1v) is 18.5. The van der Waals surface area contributed by atoms with Crippen molar-refractivity contribution < 1.29 is 33.3 Å². The van der Waals surface area contributed by atoms with E-state index in [9.17, 15) is 15.0 Å². The van der Waals surface area contributed by atoms with Crippen LogP contribution in [0.25, 0.3) is 0 Å². The quantitative estimate of drug-likeness (QED) is 0.110. The number of nitrogens with zero attached hydrogens (tertiary/aromatic N) is 2. The third-order valence-electron chi connectivity index (χ3n) is 8.88. The predicted molar refractivity (Wildman–Crippen MR) is 190 cm³/mol. The van der Waals surface area contributed by atoms with Crippen molar-refractivity contribution in [3.05, 3.63) is 125 Å². The molecule has 4 aromatic rings. The van der Waals surface area contributed by atoms with Gasteiger partial charge in [-0.15, -0.1) is 0 Å². The van der Waals surface area contributed by atoms with Gasteiger partial charge in [-0.25, -0.2) is 0 Å². The van der Waals surface area contributed by atoms with E-state index in [1.165, 1.54) is 0 Å². The molecule has 0 aliphatic carbocycles. The van der Waals surface area contributed by atoms with Crippen molar-refractivity contribution in [2.24, 2.45) is 0 Å². The van der Waals surface area contributed by atoms with E-state index in [0.29, 0.717) is 29.3 Å². The molecular formula is C37H45N4O7P. The Balaban J connectivity index is 1.32. The Hall–Kier alpha value is -4.22. The molecule has 0 saturated carbocycles. The van der Waals surface area contributed by atoms with Crippen molar-refractivity contribution in [1.82, 2.24) is 9.80 Å². The Morgan fingerprint density at radius 1 is 0.776 bits per heavy atom. The molecule has 12 heteroatoms. The van der Waals surface area contributed by atoms with Crippen LogP contribution in [0.4, 0.5) is 16.2 Å². The molecule has 6 N–H and O–H groups in total. The van der Waals surface area contributed by atoms with Crippen LogP contribution in [0, 0.1) is 0 Å². The fourth-order valence-electron chi connectivity index (χ4n) is 6.64. The number of amides is 2. The summed E-state index contributed by atoms with van der Waals surface area (Å²) in [6, 6.07) is 29.4. The first kappa shape index (κ1) is 34.6. The molecule has 2 aliphatic heterocycles. The minimum atomic E-state index is -2.84. The number of ether oxygens (including phenoxy) is 1. The predicted octanol–water partition coefficient (Wildman–Crippen LogP) is 5.62. The summed E-state index contributed by atoms with van der Waals surface area (Å²) in [4.78, 5) is 18.1. The summed E-state index contributed by atoms with van der Waals surface area (Å²) in [7, 11) is -2.84. The molecule has 0 spiro atoms. The van der Waals surface area contributed by atoms with Crippen LogP contribution in [0.3, 0.4) is 0 Å². The van der Waals surface area contributed by atoms with Crippen LogP contribution in [-0.2, 0) is 33.1 Å². The number of anilines is 2. The molecule has 2 heterocycles. The zero-order valence-electron chi connectivity index (χ0n) is 27.7. The van der Waals surface area contributed by atoms with Crippen LogP contribution in [0.2, 0.25) is 0 Å². The van der Waals surface area contributed by atoms with Crippen molar-refractivity contribution in [2.45, 2.75) is 63.9 Å². The maximum absolute atomic E-state index is 14.9. The van der Waals surface area contributed by atoms with E-state index in [1.807, 2.05) is 105 Å². The van der Waals surface area contributed by atoms with Crippen molar-refractivity contribution in [3.8, 4) is 5.75 Å². The van der Waals surface area contributed by atoms with Gasteiger partial charge in [0.25, 0.3) is 0 Å². The summed E-state index contributed by atoms with van der Waals surface area (Å²) < 4.78 is 23.3. The Kier molecular flexibility index (Phi) is 10.7. The maximum atomic E-state index is 14.9. The normalized spacial score (nSPS) is 24.2. The van der Waals surface area contributed by atoms with E-state index < -0.39 is 32.2 Å². The summed E-state index contributed by atoms with van der Waals surface area (Å²) in [5.41, 5.74) is 16.5. The third kappa shape index (κ3) is 7.99. The van der Waals surface area contributed by atoms with Crippen LogP contribution in [-0.4, -0.2) is 63.5 Å². The molecule has 2 saturated heterocycles. The summed E-state index contributed by atoms with van der Waals surface area (Å²) in [5.74, 6) is 0.605. The van der Waals surface area contributed by atoms with Gasteiger partial charge in [0.05, 0.1) is 0 Å². The van der Waals surface area contributed by atoms with Gasteiger partial charge in [0.1, 0.15) is 0 Å². The molecule has 2 fully saturated rings. The van der Waals surface area contributed by atoms with E-state index >= 15 is 0 Å². The summed E-state index contributed by atoms with van der Waals surface area (Å²) in [6.45, 7) is 4.49. The summed E-state index contributed by atoms with van der Waals surface area (Å²) >= 11 is 0. The number of nitrogen functional groups attached to an aromatic ring is 2. The second-order valence-corrected chi connectivity index (χ2v) is 14.9. The average molecular weight is 689 g/mol. The number of hydrogen-bond donors (Lipinski definition) is 4. The van der Waals surface area contributed by atoms with Crippen LogP contribution in [0.15, 0.2) is 103 Å². The molecule has 2 amide bonds. The first-order chi connectivity index (χ1) is 23.6. The van der Waals surface area contributed by atoms with Crippen LogP contribution < -0.4 is 16.2 Å². The van der Waals surface area contributed by atoms with Gasteiger partial charge in [-0.1, -0.05) is 48.5 Å². The summed E-state index contributed by atoms with van der Waals surface area (Å²) in [6.07, 6.45) is -2.47. The number of nitrogens with two attached hydrogens (primary N) is 2. The molecule has 0 bridgehead atoms. The van der Waals surface area contributed by atoms with Gasteiger partial charge in [-0.3, -0.25) is 0 Å². The number of carbonyl (C=O) groups excluding carboxylic acids is 1. The number of aliphatic hydroxyl groups is 2. The Morgan fingerprint density at radius 2 is 1.39 bits per heavy atom. The molecule has 1 unspecified atom stereocenters. The van der Waals surface area contributed by atoms with Gasteiger partial charge in [0, 0.05) is 11.4 Å². The second kappa shape index (κ2) is 15.1. The van der Waals surface area contributed by atoms with E-state index in [-0.39, 0.29) is 38.2 Å². The summed E-state index contributed by atoms with van der Waals surface area (Å²) in [5, 5.41) is 24.0. The minimum absolute atomic E-state index is 0.164. The topological polar surface area (TPSA) is 153 Å². The Morgan fingerprint density at radius 3 is 1.96 bits per heavy atom. The molecule has 2 aliphatic rings. The fourth-order valence-corrected chi connectivity index (χ4v) is 8.81. The number of hydrogen-bond acceptors (Lipinski definition) is 9. The molecule has 6 rings (SSSR count). The van der Waals surface area contributed by atoms with Gasteiger partial charge in [0.15, 0.2) is 0 Å². The van der Waals surface area contributed by atoms with Gasteiger partial charge in [-0.05, 0) is 23.8 Å². The molecule has 49 heavy (non-hydrogen) atoms. The van der Waals surface area contributed by atoms with Gasteiger partial charge in [-0.2, -0.15) is 0 Å². The van der Waals surface area contributed by atoms with Gasteiger partial charge >= 0.3 is 193 Å². The monoisotopic (exact) mass is 688 g/mol. The number of aliphatic hydroxyl groups excluding tert-OH is 2. The molecule has 0 radical (unpaired) electrons. The van der Waals surface area contributed by atoms with Gasteiger partial charge < -0.3 is 11.5 Å². The van der Waals surface area contributed by atoms with Crippen molar-refractivity contribution in [1.29, 1.82) is 0 Å². The number of carbonyl (C=O) groups is 1. The molecular weight excluding hydrogens is 643 g/mol. The van der Waals surface area contributed by atoms with E-state index in [2.05, 4.69) is 0 Å². The van der Waals surface area contributed by atoms with Crippen LogP contribution >= 0.6 is 7.94 Å². The molecule has 0 aromatic heterocycles. The van der Waals surface area contributed by atoms with E-state index in [0.717, 1.165) is 16.7 Å². The van der Waals surface area contributed by atoms with E-state index in [1.54, 1.807) is 21.9 Å². The zero-order chi connectivity index (χ0) is 34.5. The Labute approximate surface area is 287 Å². The van der Waals surface area contributed by atoms with Crippen molar-refractivity contribution in [3.63, 3.8) is 0 Å². The number of rotatable bonds is 12. The first-order valence-electron chi connectivity index (χ1n) is 16.5. The van der Waals surface area contributed by atoms with Crippen molar-refractivity contribution >= 4 is 25.3 Å². The van der Waals surface area contributed by atoms with Crippen LogP contribution in [0.5, 0.6) is 5.75 Å². The standard InChI is InChI=1S/C37H45N4O7P/c1-3-46-49(47-25(2)48-49)24-45-32-17-15-26(16-18-32)21-33-35(42)36(43)34(29-11-5-4-6-12-29)41(23-28-10-8-14-31(39)20-28)37(44)40(33)22-27-9-7-13-30(38)19-27/h4-20,25,33-36,42-43,49H,3,21-24,38-39H2,1-2H3/t33-,34?,35+,36+/m1/s1. The van der Waals surface area contributed by atoms with Gasteiger partial charge in [0.2, 0.25) is 0 Å². The third-order valence-corrected chi connectivity index (χ3v) is 11.5. The molecule has 4 aromatic carbocycles. The molecule has 4 atom stereocenters. The average Bonchev–Trinajstić information content (AvgIpc) is 3.14. The number of urea groups is 1. The molecule has 11 nitrogen and oxygen atoms in total. The second-order valence-electron chi connectivity index (χ2n) is 12.5. The van der Waals surface area contributed by atoms with Crippen LogP contribution in [0.1, 0.15) is 42.1 Å².